The minimum Gasteiger partial charge on any atom is 0 e. The summed E-state index contributed by atoms with van der Waals surface area (Å²) in [6.07, 6.45) is 0. The summed E-state index contributed by atoms with van der Waals surface area (Å²) in [5.41, 5.74) is 0. The fourth-order valence-electron chi connectivity index (χ4n) is 0. The smallest absolute Gasteiger partial charge is 0 e. The molecule has 0 amide bonds. The monoisotopic (exact) mass is 226 g/mol. The number of hydrogen-bond donors (Lipinski definition) is 0. The third-order valence-corrected chi connectivity index (χ3v) is 0. The molecule has 0 radical (unpaired) electrons. The summed E-state index contributed by atoms with van der Waals surface area (Å²) in [7, 11) is 0. The minimum absolute atomic E-state index is 0. The molecule has 0 heterocycles. The van der Waals surface area contributed by atoms with Gasteiger partial charge in [0.2, 0.25) is 0 Å². The van der Waals surface area contributed by atoms with Crippen molar-refractivity contribution in [3.8, 4) is 0 Å². The van der Waals surface area contributed by atoms with E-state index in [0.717, 1.165) is 0 Å². The van der Waals surface area contributed by atoms with Crippen LogP contribution in [-0.4, -0.2) is 45.5 Å². The molecule has 4 heavy (non-hydrogen) atoms. The average molecular weight is 228 g/mol. The topological polar surface area (TPSA) is 0 Å². The van der Waals surface area contributed by atoms with Crippen LogP contribution < -0.4 is 0 Å². The van der Waals surface area contributed by atoms with Crippen molar-refractivity contribution < 1.29 is 19.5 Å². The zero-order chi connectivity index (χ0) is 0. The Morgan fingerprint density at radius 1 is 0.750 bits per heavy atom. The maximum Gasteiger partial charge on any atom is 0 e. The summed E-state index contributed by atoms with van der Waals surface area (Å²) >= 11 is 0. The first-order valence-electron chi connectivity index (χ1n) is 0. The van der Waals surface area contributed by atoms with Crippen molar-refractivity contribution in [2.24, 2.45) is 0 Å². The van der Waals surface area contributed by atoms with Gasteiger partial charge in [-0.15, -0.1) is 24.8 Å². The van der Waals surface area contributed by atoms with Crippen LogP contribution in [0, 0.1) is 0 Å². The quantitative estimate of drug-likeness (QED) is 0.509. The van der Waals surface area contributed by atoms with Crippen molar-refractivity contribution in [1.29, 1.82) is 0 Å². The number of hydrogen-bond acceptors (Lipinski definition) is 0. The summed E-state index contributed by atoms with van der Waals surface area (Å²) in [4.78, 5) is 0. The SMILES string of the molecule is Cl.Cl.[SrH2].[Zn]. The Balaban J connectivity index is 0. The van der Waals surface area contributed by atoms with Gasteiger partial charge < -0.3 is 0 Å². The molecule has 0 aliphatic rings. The Morgan fingerprint density at radius 3 is 0.750 bits per heavy atom. The van der Waals surface area contributed by atoms with E-state index in [1.54, 1.807) is 0 Å². The van der Waals surface area contributed by atoms with Gasteiger partial charge in [0.25, 0.3) is 0 Å². The molecule has 0 atom stereocenters. The summed E-state index contributed by atoms with van der Waals surface area (Å²) in [6, 6.07) is 0. The fraction of sp³-hybridized carbons (Fsp3) is 0. The van der Waals surface area contributed by atoms with E-state index in [9.17, 15) is 0 Å². The largest absolute Gasteiger partial charge is 0 e. The molecule has 0 spiro atoms. The van der Waals surface area contributed by atoms with E-state index >= 15 is 0 Å². The molecular weight excluding hydrogens is 224 g/mol. The molecule has 4 heteroatoms. The first kappa shape index (κ1) is 30.0. The van der Waals surface area contributed by atoms with Crippen LogP contribution >= 0.6 is 24.8 Å². The zero-order valence-corrected chi connectivity index (χ0v) is 6.12. The van der Waals surface area contributed by atoms with Gasteiger partial charge in [-0.2, -0.15) is 0 Å². The molecule has 0 aromatic rings. The number of rotatable bonds is 0. The molecule has 0 saturated heterocycles. The minimum atomic E-state index is 0. The predicted octanol–water partition coefficient (Wildman–Crippen LogP) is -0.0751. The third kappa shape index (κ3) is 8.82. The van der Waals surface area contributed by atoms with Crippen molar-refractivity contribution in [3.05, 3.63) is 0 Å². The van der Waals surface area contributed by atoms with Crippen LogP contribution in [0.1, 0.15) is 0 Å². The Kier molecular flexibility index (Phi) is 130. The van der Waals surface area contributed by atoms with Crippen molar-refractivity contribution in [3.63, 3.8) is 0 Å². The molecule has 0 bridgehead atoms. The Hall–Kier alpha value is 2.68. The molecule has 0 aliphatic heterocycles. The molecule has 0 fully saturated rings. The Morgan fingerprint density at radius 2 is 0.750 bits per heavy atom. The first-order valence-corrected chi connectivity index (χ1v) is 0. The van der Waals surface area contributed by atoms with Gasteiger partial charge in [0.05, 0.1) is 0 Å². The Labute approximate surface area is 87.9 Å². The van der Waals surface area contributed by atoms with Gasteiger partial charge in [-0.3, -0.25) is 0 Å². The molecule has 22 valence electrons. The van der Waals surface area contributed by atoms with Crippen LogP contribution in [0.2, 0.25) is 0 Å². The van der Waals surface area contributed by atoms with E-state index in [-0.39, 0.29) is 89.8 Å². The summed E-state index contributed by atoms with van der Waals surface area (Å²) in [5, 5.41) is 0. The second kappa shape index (κ2) is 17.3. The predicted molar refractivity (Wildman–Crippen MR) is 23.0 cm³/mol. The van der Waals surface area contributed by atoms with E-state index in [0.29, 0.717) is 0 Å². The van der Waals surface area contributed by atoms with Crippen LogP contribution in [0.5, 0.6) is 0 Å². The van der Waals surface area contributed by atoms with Gasteiger partial charge in [-0.25, -0.2) is 0 Å². The van der Waals surface area contributed by atoms with Crippen LogP contribution in [-0.2, 0) is 19.5 Å². The van der Waals surface area contributed by atoms with Crippen molar-refractivity contribution >= 4 is 70.3 Å². The van der Waals surface area contributed by atoms with Crippen LogP contribution in [0.3, 0.4) is 0 Å². The molecule has 0 nitrogen and oxygen atoms in total. The normalized spacial score (nSPS) is 0. The Bertz CT molecular complexity index is 6.00. The molecular formula is H4Cl2SrZn. The first-order chi connectivity index (χ1) is 0. The fourth-order valence-corrected chi connectivity index (χ4v) is 0. The van der Waals surface area contributed by atoms with Crippen LogP contribution in [0.4, 0.5) is 0 Å². The second-order valence-electron chi connectivity index (χ2n) is 0. The van der Waals surface area contributed by atoms with E-state index in [1.165, 1.54) is 0 Å². The molecule has 0 aromatic carbocycles. The number of halogens is 2. The summed E-state index contributed by atoms with van der Waals surface area (Å²) < 4.78 is 0. The van der Waals surface area contributed by atoms with Gasteiger partial charge >= 0.3 is 45.5 Å². The van der Waals surface area contributed by atoms with Gasteiger partial charge in [-0.05, 0) is 0 Å². The van der Waals surface area contributed by atoms with Gasteiger partial charge in [0.15, 0.2) is 0 Å². The van der Waals surface area contributed by atoms with Crippen molar-refractivity contribution in [2.45, 2.75) is 0 Å². The maximum atomic E-state index is 0. The summed E-state index contributed by atoms with van der Waals surface area (Å²) in [6.45, 7) is 0. The molecule has 0 N–H and O–H groups in total. The third-order valence-electron chi connectivity index (χ3n) is 0. The van der Waals surface area contributed by atoms with Gasteiger partial charge in [0.1, 0.15) is 0 Å². The standard InChI is InChI=1S/2ClH.Sr.Zn.2H/h2*1H;;;;. The van der Waals surface area contributed by atoms with Crippen molar-refractivity contribution in [1.82, 2.24) is 0 Å². The molecule has 0 unspecified atom stereocenters. The molecule has 0 saturated carbocycles. The van der Waals surface area contributed by atoms with E-state index < -0.39 is 0 Å². The van der Waals surface area contributed by atoms with Gasteiger partial charge in [-0.1, -0.05) is 0 Å². The molecule has 0 aromatic heterocycles. The molecule has 0 aliphatic carbocycles. The van der Waals surface area contributed by atoms with E-state index in [2.05, 4.69) is 0 Å². The van der Waals surface area contributed by atoms with Crippen LogP contribution in [0.15, 0.2) is 0 Å². The van der Waals surface area contributed by atoms with Crippen LogP contribution in [0.25, 0.3) is 0 Å². The maximum absolute atomic E-state index is 0. The second-order valence-corrected chi connectivity index (χ2v) is 0. The van der Waals surface area contributed by atoms with Gasteiger partial charge in [0, 0.05) is 19.5 Å². The molecule has 0 rings (SSSR count). The van der Waals surface area contributed by atoms with E-state index in [1.807, 2.05) is 0 Å². The summed E-state index contributed by atoms with van der Waals surface area (Å²) in [5.74, 6) is 0. The zero-order valence-electron chi connectivity index (χ0n) is 1.52. The van der Waals surface area contributed by atoms with Crippen molar-refractivity contribution in [2.75, 3.05) is 0 Å². The average Bonchev–Trinajstić information content (AvgIpc) is 0. The van der Waals surface area contributed by atoms with E-state index in [4.69, 9.17) is 0 Å².